The van der Waals surface area contributed by atoms with Gasteiger partial charge in [0.25, 0.3) is 0 Å². The molecular formula is C10H21N. The van der Waals surface area contributed by atoms with Gasteiger partial charge in [0, 0.05) is 6.04 Å². The Balaban J connectivity index is 4.07. The van der Waals surface area contributed by atoms with Crippen molar-refractivity contribution in [1.29, 1.82) is 0 Å². The van der Waals surface area contributed by atoms with Crippen LogP contribution in [-0.4, -0.2) is 6.04 Å². The summed E-state index contributed by atoms with van der Waals surface area (Å²) >= 11 is 0. The normalized spacial score (nSPS) is 18.6. The van der Waals surface area contributed by atoms with Gasteiger partial charge in [-0.05, 0) is 25.7 Å². The molecule has 0 amide bonds. The zero-order valence-corrected chi connectivity index (χ0v) is 8.39. The average Bonchev–Trinajstić information content (AvgIpc) is 1.87. The first-order chi connectivity index (χ1) is 4.95. The van der Waals surface area contributed by atoms with E-state index < -0.39 is 0 Å². The first-order valence-corrected chi connectivity index (χ1v) is 4.39. The van der Waals surface area contributed by atoms with E-state index in [2.05, 4.69) is 33.8 Å². The van der Waals surface area contributed by atoms with Crippen LogP contribution in [0.25, 0.3) is 0 Å². The third-order valence-electron chi connectivity index (χ3n) is 2.30. The highest BCUT2D eigenvalue weighted by molar-refractivity contribution is 5.06. The summed E-state index contributed by atoms with van der Waals surface area (Å²) in [5.41, 5.74) is 7.01. The van der Waals surface area contributed by atoms with Gasteiger partial charge in [-0.15, -0.1) is 0 Å². The van der Waals surface area contributed by atoms with Crippen LogP contribution < -0.4 is 5.73 Å². The zero-order valence-electron chi connectivity index (χ0n) is 8.39. The van der Waals surface area contributed by atoms with E-state index in [-0.39, 0.29) is 6.04 Å². The number of nitrogens with two attached hydrogens (primary N) is 1. The number of hydrogen-bond acceptors (Lipinski definition) is 1. The monoisotopic (exact) mass is 155 g/mol. The number of allylic oxidation sites excluding steroid dienone is 1. The van der Waals surface area contributed by atoms with E-state index in [4.69, 9.17) is 5.73 Å². The Morgan fingerprint density at radius 3 is 1.91 bits per heavy atom. The van der Waals surface area contributed by atoms with Crippen molar-refractivity contribution < 1.29 is 0 Å². The highest BCUT2D eigenvalue weighted by atomic mass is 14.6. The molecule has 0 saturated heterocycles. The maximum Gasteiger partial charge on any atom is 0.0222 e. The summed E-state index contributed by atoms with van der Waals surface area (Å²) in [6.45, 7) is 10.8. The molecule has 2 unspecified atom stereocenters. The fourth-order valence-electron chi connectivity index (χ4n) is 0.759. The smallest absolute Gasteiger partial charge is 0.0222 e. The molecule has 11 heavy (non-hydrogen) atoms. The lowest BCUT2D eigenvalue weighted by molar-refractivity contribution is 0.499. The fourth-order valence-corrected chi connectivity index (χ4v) is 0.759. The van der Waals surface area contributed by atoms with Gasteiger partial charge in [0.15, 0.2) is 0 Å². The molecule has 0 aromatic heterocycles. The van der Waals surface area contributed by atoms with E-state index in [0.717, 1.165) is 0 Å². The molecule has 0 spiro atoms. The van der Waals surface area contributed by atoms with Crippen molar-refractivity contribution in [3.8, 4) is 0 Å². The molecule has 2 N–H and O–H groups in total. The van der Waals surface area contributed by atoms with Gasteiger partial charge in [-0.1, -0.05) is 32.4 Å². The molecule has 0 radical (unpaired) electrons. The maximum absolute atomic E-state index is 5.72. The minimum atomic E-state index is 0.205. The second-order valence-electron chi connectivity index (χ2n) is 3.80. The molecule has 0 aliphatic heterocycles. The molecule has 0 rings (SSSR count). The molecule has 66 valence electrons. The van der Waals surface area contributed by atoms with Gasteiger partial charge in [0.2, 0.25) is 0 Å². The Morgan fingerprint density at radius 1 is 1.18 bits per heavy atom. The minimum Gasteiger partial charge on any atom is -0.324 e. The molecule has 0 heterocycles. The predicted octanol–water partition coefficient (Wildman–Crippen LogP) is 2.57. The summed E-state index contributed by atoms with van der Waals surface area (Å²) in [4.78, 5) is 0. The quantitative estimate of drug-likeness (QED) is 0.623. The molecule has 2 atom stereocenters. The second kappa shape index (κ2) is 4.55. The lowest BCUT2D eigenvalue weighted by Crippen LogP contribution is -2.17. The SMILES string of the molecule is C/C(=C/C(C)C(C)C)C(C)N. The predicted molar refractivity (Wildman–Crippen MR) is 51.4 cm³/mol. The largest absolute Gasteiger partial charge is 0.324 e. The van der Waals surface area contributed by atoms with Crippen molar-refractivity contribution in [2.24, 2.45) is 17.6 Å². The summed E-state index contributed by atoms with van der Waals surface area (Å²) in [5, 5.41) is 0. The standard InChI is InChI=1S/C10H21N/c1-7(2)8(3)6-9(4)10(5)11/h6-8,10H,11H2,1-5H3/b9-6-. The van der Waals surface area contributed by atoms with Gasteiger partial charge < -0.3 is 5.73 Å². The van der Waals surface area contributed by atoms with E-state index in [1.54, 1.807) is 0 Å². The van der Waals surface area contributed by atoms with Gasteiger partial charge in [0.1, 0.15) is 0 Å². The summed E-state index contributed by atoms with van der Waals surface area (Å²) in [5.74, 6) is 1.35. The topological polar surface area (TPSA) is 26.0 Å². The Hall–Kier alpha value is -0.300. The van der Waals surface area contributed by atoms with Crippen LogP contribution in [0.4, 0.5) is 0 Å². The van der Waals surface area contributed by atoms with Crippen molar-refractivity contribution in [3.05, 3.63) is 11.6 Å². The summed E-state index contributed by atoms with van der Waals surface area (Å²) < 4.78 is 0. The molecular weight excluding hydrogens is 134 g/mol. The Morgan fingerprint density at radius 2 is 1.64 bits per heavy atom. The summed E-state index contributed by atoms with van der Waals surface area (Å²) in [7, 11) is 0. The second-order valence-corrected chi connectivity index (χ2v) is 3.80. The zero-order chi connectivity index (χ0) is 9.02. The highest BCUT2D eigenvalue weighted by Gasteiger charge is 2.05. The van der Waals surface area contributed by atoms with Crippen LogP contribution in [0.1, 0.15) is 34.6 Å². The maximum atomic E-state index is 5.72. The van der Waals surface area contributed by atoms with Gasteiger partial charge in [-0.3, -0.25) is 0 Å². The minimum absolute atomic E-state index is 0.205. The molecule has 0 aliphatic carbocycles. The van der Waals surface area contributed by atoms with E-state index in [9.17, 15) is 0 Å². The van der Waals surface area contributed by atoms with Crippen molar-refractivity contribution in [2.75, 3.05) is 0 Å². The summed E-state index contributed by atoms with van der Waals surface area (Å²) in [6.07, 6.45) is 2.27. The first kappa shape index (κ1) is 10.7. The Bertz CT molecular complexity index is 134. The highest BCUT2D eigenvalue weighted by Crippen LogP contribution is 2.14. The summed E-state index contributed by atoms with van der Waals surface area (Å²) in [6, 6.07) is 0.205. The van der Waals surface area contributed by atoms with Crippen molar-refractivity contribution in [2.45, 2.75) is 40.7 Å². The Labute approximate surface area is 70.7 Å². The van der Waals surface area contributed by atoms with Crippen molar-refractivity contribution in [1.82, 2.24) is 0 Å². The van der Waals surface area contributed by atoms with Gasteiger partial charge in [-0.2, -0.15) is 0 Å². The average molecular weight is 155 g/mol. The third-order valence-corrected chi connectivity index (χ3v) is 2.30. The van der Waals surface area contributed by atoms with Crippen LogP contribution >= 0.6 is 0 Å². The van der Waals surface area contributed by atoms with Crippen molar-refractivity contribution in [3.63, 3.8) is 0 Å². The van der Waals surface area contributed by atoms with Crippen molar-refractivity contribution >= 4 is 0 Å². The van der Waals surface area contributed by atoms with Crippen LogP contribution in [0.2, 0.25) is 0 Å². The van der Waals surface area contributed by atoms with Gasteiger partial charge in [0.05, 0.1) is 0 Å². The molecule has 0 aliphatic rings. The van der Waals surface area contributed by atoms with Gasteiger partial charge in [-0.25, -0.2) is 0 Å². The Kier molecular flexibility index (Phi) is 4.43. The first-order valence-electron chi connectivity index (χ1n) is 4.39. The lowest BCUT2D eigenvalue weighted by Gasteiger charge is -2.13. The van der Waals surface area contributed by atoms with Gasteiger partial charge >= 0.3 is 0 Å². The molecule has 0 fully saturated rings. The van der Waals surface area contributed by atoms with Crippen LogP contribution in [0.5, 0.6) is 0 Å². The van der Waals surface area contributed by atoms with Crippen LogP contribution in [0, 0.1) is 11.8 Å². The molecule has 0 aromatic carbocycles. The molecule has 0 bridgehead atoms. The van der Waals surface area contributed by atoms with E-state index in [1.807, 2.05) is 6.92 Å². The van der Waals surface area contributed by atoms with E-state index in [0.29, 0.717) is 11.8 Å². The number of hydrogen-bond donors (Lipinski definition) is 1. The molecule has 0 aromatic rings. The van der Waals surface area contributed by atoms with Crippen LogP contribution in [-0.2, 0) is 0 Å². The number of rotatable bonds is 3. The fraction of sp³-hybridized carbons (Fsp3) is 0.800. The molecule has 0 saturated carbocycles. The molecule has 1 nitrogen and oxygen atoms in total. The third kappa shape index (κ3) is 4.20. The van der Waals surface area contributed by atoms with E-state index >= 15 is 0 Å². The van der Waals surface area contributed by atoms with Crippen LogP contribution in [0.15, 0.2) is 11.6 Å². The van der Waals surface area contributed by atoms with Crippen LogP contribution in [0.3, 0.4) is 0 Å². The molecule has 1 heteroatoms. The lowest BCUT2D eigenvalue weighted by atomic mass is 9.94. The van der Waals surface area contributed by atoms with E-state index in [1.165, 1.54) is 5.57 Å².